The van der Waals surface area contributed by atoms with Crippen LogP contribution in [0.4, 0.5) is 5.69 Å². The molecule has 0 spiro atoms. The first-order valence-electron chi connectivity index (χ1n) is 10.0. The number of aromatic carboxylic acids is 1. The average Bonchev–Trinajstić information content (AvgIpc) is 2.84. The highest BCUT2D eigenvalue weighted by atomic mass is 32.2. The molecule has 3 aromatic carbocycles. The molecule has 0 heterocycles. The number of anilines is 1. The van der Waals surface area contributed by atoms with Crippen molar-refractivity contribution in [3.63, 3.8) is 0 Å². The first kappa shape index (κ1) is 24.6. The highest BCUT2D eigenvalue weighted by molar-refractivity contribution is 7.89. The molecule has 174 valence electrons. The number of carboxylic acid groups (broad SMARTS) is 1. The molecule has 0 aromatic heterocycles. The molecular formula is C24H21N3O6S. The van der Waals surface area contributed by atoms with Crippen LogP contribution in [0.25, 0.3) is 0 Å². The number of rotatable bonds is 8. The number of carboxylic acids is 1. The lowest BCUT2D eigenvalue weighted by Gasteiger charge is -2.21. The van der Waals surface area contributed by atoms with Crippen LogP contribution in [0.1, 0.15) is 37.9 Å². The van der Waals surface area contributed by atoms with E-state index in [-0.39, 0.29) is 33.8 Å². The summed E-state index contributed by atoms with van der Waals surface area (Å²) in [5, 5.41) is 31.1. The van der Waals surface area contributed by atoms with Gasteiger partial charge in [0.25, 0.3) is 5.91 Å². The molecule has 1 atom stereocenters. The summed E-state index contributed by atoms with van der Waals surface area (Å²) in [5.41, 5.74) is 0.357. The summed E-state index contributed by atoms with van der Waals surface area (Å²) in [6, 6.07) is 19.5. The minimum absolute atomic E-state index is 0.0150. The van der Waals surface area contributed by atoms with Gasteiger partial charge in [-0.15, -0.1) is 0 Å². The first-order chi connectivity index (χ1) is 16.1. The number of aliphatic hydroxyl groups excluding tert-OH is 1. The Hall–Kier alpha value is -4.04. The number of hydrogen-bond acceptors (Lipinski definition) is 6. The molecule has 10 heteroatoms. The number of benzene rings is 3. The van der Waals surface area contributed by atoms with Crippen LogP contribution in [-0.4, -0.2) is 48.4 Å². The van der Waals surface area contributed by atoms with Crippen molar-refractivity contribution in [1.29, 1.82) is 5.26 Å². The van der Waals surface area contributed by atoms with E-state index in [1.807, 2.05) is 6.07 Å². The van der Waals surface area contributed by atoms with Gasteiger partial charge in [0.05, 0.1) is 33.9 Å². The molecule has 3 N–H and O–H groups in total. The first-order valence-corrected chi connectivity index (χ1v) is 11.5. The maximum absolute atomic E-state index is 13.0. The van der Waals surface area contributed by atoms with E-state index in [1.54, 1.807) is 30.3 Å². The van der Waals surface area contributed by atoms with E-state index < -0.39 is 28.0 Å². The summed E-state index contributed by atoms with van der Waals surface area (Å²) in [7, 11) is -2.71. The molecule has 0 bridgehead atoms. The highest BCUT2D eigenvalue weighted by Crippen LogP contribution is 2.22. The molecule has 0 aliphatic carbocycles. The molecule has 0 aliphatic heterocycles. The number of carbonyl (C=O) groups is 2. The minimum atomic E-state index is -4.04. The number of aliphatic hydroxyl groups is 1. The number of nitriles is 1. The van der Waals surface area contributed by atoms with Crippen LogP contribution >= 0.6 is 0 Å². The van der Waals surface area contributed by atoms with Crippen molar-refractivity contribution in [1.82, 2.24) is 4.31 Å². The Morgan fingerprint density at radius 3 is 2.41 bits per heavy atom. The number of carbonyl (C=O) groups excluding carboxylic acids is 1. The fourth-order valence-corrected chi connectivity index (χ4v) is 4.42. The van der Waals surface area contributed by atoms with Crippen LogP contribution in [-0.2, 0) is 10.0 Å². The van der Waals surface area contributed by atoms with Crippen LogP contribution in [0, 0.1) is 11.3 Å². The van der Waals surface area contributed by atoms with Gasteiger partial charge in [-0.05, 0) is 42.0 Å². The molecule has 1 amide bonds. The number of amides is 1. The second-order valence-corrected chi connectivity index (χ2v) is 9.42. The van der Waals surface area contributed by atoms with Gasteiger partial charge in [-0.2, -0.15) is 9.57 Å². The highest BCUT2D eigenvalue weighted by Gasteiger charge is 2.25. The summed E-state index contributed by atoms with van der Waals surface area (Å²) in [5.74, 6) is -2.06. The number of likely N-dealkylation sites (N-methyl/N-ethyl adjacent to an activating group) is 1. The second-order valence-electron chi connectivity index (χ2n) is 7.37. The van der Waals surface area contributed by atoms with E-state index in [0.717, 1.165) is 10.4 Å². The quantitative estimate of drug-likeness (QED) is 0.450. The number of hydrogen-bond donors (Lipinski definition) is 3. The number of nitrogens with zero attached hydrogens (tertiary/aromatic N) is 2. The van der Waals surface area contributed by atoms with Crippen LogP contribution in [0.2, 0.25) is 0 Å². The van der Waals surface area contributed by atoms with Gasteiger partial charge in [0, 0.05) is 19.2 Å². The number of nitrogens with one attached hydrogen (secondary N) is 1. The van der Waals surface area contributed by atoms with Crippen molar-refractivity contribution in [3.8, 4) is 6.07 Å². The monoisotopic (exact) mass is 479 g/mol. The van der Waals surface area contributed by atoms with Gasteiger partial charge >= 0.3 is 5.97 Å². The third kappa shape index (κ3) is 5.47. The Morgan fingerprint density at radius 2 is 1.76 bits per heavy atom. The van der Waals surface area contributed by atoms with Crippen molar-refractivity contribution in [2.45, 2.75) is 11.0 Å². The molecule has 34 heavy (non-hydrogen) atoms. The topological polar surface area (TPSA) is 148 Å². The van der Waals surface area contributed by atoms with Crippen molar-refractivity contribution in [2.24, 2.45) is 0 Å². The lowest BCUT2D eigenvalue weighted by molar-refractivity contribution is 0.0698. The Labute approximate surface area is 196 Å². The Bertz CT molecular complexity index is 1370. The molecule has 0 fully saturated rings. The third-order valence-electron chi connectivity index (χ3n) is 5.05. The molecule has 3 rings (SSSR count). The SMILES string of the molecule is CN(CC(O)c1ccccc1)S(=O)(=O)c1cccc(C(=O)Nc2ccc(C#N)cc2C(=O)O)c1. The van der Waals surface area contributed by atoms with Crippen LogP contribution in [0.3, 0.4) is 0 Å². The Kier molecular flexibility index (Phi) is 7.43. The molecular weight excluding hydrogens is 458 g/mol. The van der Waals surface area contributed by atoms with E-state index >= 15 is 0 Å². The van der Waals surface area contributed by atoms with Crippen molar-refractivity contribution in [3.05, 3.63) is 95.1 Å². The molecule has 9 nitrogen and oxygen atoms in total. The number of sulfonamides is 1. The molecule has 0 saturated heterocycles. The largest absolute Gasteiger partial charge is 0.478 e. The predicted octanol–water partition coefficient (Wildman–Crippen LogP) is 2.86. The van der Waals surface area contributed by atoms with Gasteiger partial charge in [0.15, 0.2) is 0 Å². The van der Waals surface area contributed by atoms with Crippen LogP contribution < -0.4 is 5.32 Å². The van der Waals surface area contributed by atoms with Gasteiger partial charge < -0.3 is 15.5 Å². The summed E-state index contributed by atoms with van der Waals surface area (Å²) in [6.45, 7) is -0.198. The Morgan fingerprint density at radius 1 is 1.06 bits per heavy atom. The zero-order valence-electron chi connectivity index (χ0n) is 18.0. The van der Waals surface area contributed by atoms with Crippen LogP contribution in [0.15, 0.2) is 77.7 Å². The summed E-state index contributed by atoms with van der Waals surface area (Å²) >= 11 is 0. The molecule has 0 saturated carbocycles. The zero-order valence-corrected chi connectivity index (χ0v) is 18.9. The van der Waals surface area contributed by atoms with E-state index in [4.69, 9.17) is 5.26 Å². The predicted molar refractivity (Wildman–Crippen MR) is 124 cm³/mol. The van der Waals surface area contributed by atoms with E-state index in [2.05, 4.69) is 5.32 Å². The maximum Gasteiger partial charge on any atom is 0.337 e. The Balaban J connectivity index is 1.82. The normalized spacial score (nSPS) is 12.1. The lowest BCUT2D eigenvalue weighted by atomic mass is 10.1. The fraction of sp³-hybridized carbons (Fsp3) is 0.125. The van der Waals surface area contributed by atoms with Gasteiger partial charge in [-0.1, -0.05) is 36.4 Å². The van der Waals surface area contributed by atoms with E-state index in [1.165, 1.54) is 43.4 Å². The summed E-state index contributed by atoms with van der Waals surface area (Å²) < 4.78 is 27.0. The zero-order chi connectivity index (χ0) is 24.9. The van der Waals surface area contributed by atoms with Gasteiger partial charge in [0.1, 0.15) is 0 Å². The molecule has 3 aromatic rings. The smallest absolute Gasteiger partial charge is 0.337 e. The lowest BCUT2D eigenvalue weighted by Crippen LogP contribution is -2.31. The van der Waals surface area contributed by atoms with Gasteiger partial charge in [-0.3, -0.25) is 4.79 Å². The summed E-state index contributed by atoms with van der Waals surface area (Å²) in [4.78, 5) is 24.1. The van der Waals surface area contributed by atoms with Crippen molar-refractivity contribution < 1.29 is 28.2 Å². The van der Waals surface area contributed by atoms with Gasteiger partial charge in [-0.25, -0.2) is 13.2 Å². The summed E-state index contributed by atoms with van der Waals surface area (Å²) in [6.07, 6.45) is -1.04. The van der Waals surface area contributed by atoms with E-state index in [9.17, 15) is 28.2 Å². The average molecular weight is 480 g/mol. The van der Waals surface area contributed by atoms with Crippen LogP contribution in [0.5, 0.6) is 0 Å². The standard InChI is InChI=1S/C24H21N3O6S/c1-27(15-22(28)17-6-3-2-4-7-17)34(32,33)19-9-5-8-18(13-19)23(29)26-21-11-10-16(14-25)12-20(21)24(30)31/h2-13,22,28H,15H2,1H3,(H,26,29)(H,30,31). The van der Waals surface area contributed by atoms with Crippen molar-refractivity contribution >= 4 is 27.6 Å². The molecule has 0 aliphatic rings. The fourth-order valence-electron chi connectivity index (χ4n) is 3.19. The maximum atomic E-state index is 13.0. The minimum Gasteiger partial charge on any atom is -0.478 e. The second kappa shape index (κ2) is 10.3. The van der Waals surface area contributed by atoms with E-state index in [0.29, 0.717) is 5.56 Å². The molecule has 0 radical (unpaired) electrons. The molecule has 1 unspecified atom stereocenters. The third-order valence-corrected chi connectivity index (χ3v) is 6.87. The van der Waals surface area contributed by atoms with Gasteiger partial charge in [0.2, 0.25) is 10.0 Å². The van der Waals surface area contributed by atoms with Crippen molar-refractivity contribution in [2.75, 3.05) is 18.9 Å².